The van der Waals surface area contributed by atoms with E-state index < -0.39 is 0 Å². The number of fused-ring (bicyclic) bond motifs is 5. The topological polar surface area (TPSA) is 17.1 Å². The Morgan fingerprint density at radius 1 is 1.08 bits per heavy atom. The van der Waals surface area contributed by atoms with Crippen LogP contribution in [0.5, 0.6) is 0 Å². The molecule has 5 rings (SSSR count). The molecule has 140 valence electrons. The SMILES string of the molecule is C[C@]12CCCC[C@@H]1CC[C@H]1[C@H]2CC[C@]2(C)C(=O)/C(=C/c3cccs3)C[C@H]12. The summed E-state index contributed by atoms with van der Waals surface area (Å²) >= 11 is 1.75. The Kier molecular flexibility index (Phi) is 4.01. The Morgan fingerprint density at radius 3 is 2.77 bits per heavy atom. The first-order valence-electron chi connectivity index (χ1n) is 10.8. The predicted molar refractivity (Wildman–Crippen MR) is 109 cm³/mol. The van der Waals surface area contributed by atoms with Crippen molar-refractivity contribution in [3.8, 4) is 0 Å². The highest BCUT2D eigenvalue weighted by Crippen LogP contribution is 2.66. The Labute approximate surface area is 162 Å². The van der Waals surface area contributed by atoms with E-state index in [2.05, 4.69) is 37.4 Å². The Hall–Kier alpha value is -0.890. The minimum Gasteiger partial charge on any atom is -0.294 e. The number of rotatable bonds is 1. The second-order valence-electron chi connectivity index (χ2n) is 10.1. The summed E-state index contributed by atoms with van der Waals surface area (Å²) in [6.07, 6.45) is 14.2. The van der Waals surface area contributed by atoms with Crippen LogP contribution in [0.3, 0.4) is 0 Å². The van der Waals surface area contributed by atoms with E-state index >= 15 is 0 Å². The van der Waals surface area contributed by atoms with E-state index in [1.54, 1.807) is 11.3 Å². The number of allylic oxidation sites excluding steroid dienone is 1. The first-order chi connectivity index (χ1) is 12.5. The van der Waals surface area contributed by atoms with E-state index in [4.69, 9.17) is 0 Å². The standard InChI is InChI=1S/C24H32OS/c1-23-11-4-3-6-17(23)8-9-19-20(23)10-12-24(2)21(19)15-16(22(24)25)14-18-7-5-13-26-18/h5,7,13-14,17,19-21H,3-4,6,8-12,15H2,1-2H3/b16-14+/t17-,19+,20-,21-,23+,24+/m1/s1. The van der Waals surface area contributed by atoms with Gasteiger partial charge in [0.1, 0.15) is 0 Å². The first kappa shape index (κ1) is 17.2. The maximum atomic E-state index is 13.4. The van der Waals surface area contributed by atoms with Crippen LogP contribution >= 0.6 is 11.3 Å². The molecule has 0 bridgehead atoms. The molecule has 4 saturated carbocycles. The van der Waals surface area contributed by atoms with Crippen molar-refractivity contribution >= 4 is 23.2 Å². The van der Waals surface area contributed by atoms with Crippen molar-refractivity contribution in [3.05, 3.63) is 28.0 Å². The summed E-state index contributed by atoms with van der Waals surface area (Å²) in [6.45, 7) is 4.93. The number of Topliss-reactive ketones (excluding diaryl/α,β-unsaturated/α-hetero) is 1. The average molecular weight is 369 g/mol. The van der Waals surface area contributed by atoms with E-state index in [9.17, 15) is 4.79 Å². The van der Waals surface area contributed by atoms with Gasteiger partial charge >= 0.3 is 0 Å². The van der Waals surface area contributed by atoms with E-state index in [-0.39, 0.29) is 5.41 Å². The number of carbonyl (C=O) groups excluding carboxylic acids is 1. The molecule has 0 aliphatic heterocycles. The molecule has 0 unspecified atom stereocenters. The monoisotopic (exact) mass is 368 g/mol. The highest BCUT2D eigenvalue weighted by atomic mass is 32.1. The van der Waals surface area contributed by atoms with Gasteiger partial charge in [0.2, 0.25) is 0 Å². The third-order valence-corrected chi connectivity index (χ3v) is 9.90. The molecule has 1 nitrogen and oxygen atoms in total. The van der Waals surface area contributed by atoms with Crippen molar-refractivity contribution in [1.82, 2.24) is 0 Å². The van der Waals surface area contributed by atoms with Gasteiger partial charge in [-0.05, 0) is 97.1 Å². The van der Waals surface area contributed by atoms with Gasteiger partial charge in [-0.1, -0.05) is 32.8 Å². The molecule has 1 aromatic heterocycles. The first-order valence-corrected chi connectivity index (χ1v) is 11.7. The van der Waals surface area contributed by atoms with Gasteiger partial charge in [0.05, 0.1) is 0 Å². The molecule has 0 amide bonds. The minimum absolute atomic E-state index is 0.0812. The molecule has 0 saturated heterocycles. The summed E-state index contributed by atoms with van der Waals surface area (Å²) < 4.78 is 0. The molecule has 26 heavy (non-hydrogen) atoms. The zero-order valence-corrected chi connectivity index (χ0v) is 17.1. The zero-order valence-electron chi connectivity index (χ0n) is 16.3. The van der Waals surface area contributed by atoms with Gasteiger partial charge < -0.3 is 0 Å². The van der Waals surface area contributed by atoms with Crippen LogP contribution in [0, 0.1) is 34.5 Å². The zero-order chi connectivity index (χ0) is 17.9. The lowest BCUT2D eigenvalue weighted by molar-refractivity contribution is -0.137. The minimum atomic E-state index is -0.0812. The molecule has 0 N–H and O–H groups in total. The smallest absolute Gasteiger partial charge is 0.165 e. The van der Waals surface area contributed by atoms with E-state index in [1.165, 1.54) is 49.8 Å². The predicted octanol–water partition coefficient (Wildman–Crippen LogP) is 6.74. The fourth-order valence-corrected chi connectivity index (χ4v) is 8.32. The van der Waals surface area contributed by atoms with Crippen LogP contribution in [0.4, 0.5) is 0 Å². The fourth-order valence-electron chi connectivity index (χ4n) is 7.64. The number of thiophene rings is 1. The van der Waals surface area contributed by atoms with Crippen molar-refractivity contribution in [2.24, 2.45) is 34.5 Å². The van der Waals surface area contributed by atoms with Crippen molar-refractivity contribution in [1.29, 1.82) is 0 Å². The van der Waals surface area contributed by atoms with Crippen LogP contribution < -0.4 is 0 Å². The highest BCUT2D eigenvalue weighted by molar-refractivity contribution is 7.10. The number of hydrogen-bond acceptors (Lipinski definition) is 2. The van der Waals surface area contributed by atoms with Gasteiger partial charge in [-0.25, -0.2) is 0 Å². The number of hydrogen-bond donors (Lipinski definition) is 0. The molecule has 4 aliphatic rings. The summed E-state index contributed by atoms with van der Waals surface area (Å²) in [6, 6.07) is 4.23. The van der Waals surface area contributed by atoms with Gasteiger partial charge in [-0.3, -0.25) is 4.79 Å². The van der Waals surface area contributed by atoms with E-state index in [1.807, 2.05) is 0 Å². The fraction of sp³-hybridized carbons (Fsp3) is 0.708. The Bertz CT molecular complexity index is 731. The van der Waals surface area contributed by atoms with Crippen LogP contribution in [-0.2, 0) is 4.79 Å². The van der Waals surface area contributed by atoms with E-state index in [0.29, 0.717) is 17.1 Å². The summed E-state index contributed by atoms with van der Waals surface area (Å²) in [7, 11) is 0. The quantitative estimate of drug-likeness (QED) is 0.501. The molecule has 0 aromatic carbocycles. The summed E-state index contributed by atoms with van der Waals surface area (Å²) in [5.41, 5.74) is 1.60. The molecule has 1 heterocycles. The summed E-state index contributed by atoms with van der Waals surface area (Å²) in [4.78, 5) is 14.6. The third kappa shape index (κ3) is 2.37. The van der Waals surface area contributed by atoms with Gasteiger partial charge in [-0.2, -0.15) is 0 Å². The molecular weight excluding hydrogens is 336 g/mol. The van der Waals surface area contributed by atoms with Gasteiger partial charge in [-0.15, -0.1) is 11.3 Å². The largest absolute Gasteiger partial charge is 0.294 e. The third-order valence-electron chi connectivity index (χ3n) is 9.08. The van der Waals surface area contributed by atoms with Crippen LogP contribution in [0.2, 0.25) is 0 Å². The molecule has 4 aliphatic carbocycles. The maximum absolute atomic E-state index is 13.4. The van der Waals surface area contributed by atoms with Crippen LogP contribution in [0.1, 0.15) is 76.5 Å². The highest BCUT2D eigenvalue weighted by Gasteiger charge is 2.60. The molecule has 2 heteroatoms. The van der Waals surface area contributed by atoms with Crippen molar-refractivity contribution in [2.75, 3.05) is 0 Å². The van der Waals surface area contributed by atoms with Crippen LogP contribution in [0.25, 0.3) is 6.08 Å². The lowest BCUT2D eigenvalue weighted by Crippen LogP contribution is -2.52. The van der Waals surface area contributed by atoms with Gasteiger partial charge in [0.25, 0.3) is 0 Å². The molecular formula is C24H32OS. The van der Waals surface area contributed by atoms with Crippen molar-refractivity contribution < 1.29 is 4.79 Å². The van der Waals surface area contributed by atoms with E-state index in [0.717, 1.165) is 36.2 Å². The van der Waals surface area contributed by atoms with Crippen LogP contribution in [0.15, 0.2) is 23.1 Å². The van der Waals surface area contributed by atoms with Gasteiger partial charge in [0.15, 0.2) is 5.78 Å². The molecule has 6 atom stereocenters. The Morgan fingerprint density at radius 2 is 1.96 bits per heavy atom. The second-order valence-corrected chi connectivity index (χ2v) is 11.1. The molecule has 1 aromatic rings. The average Bonchev–Trinajstić information content (AvgIpc) is 3.23. The van der Waals surface area contributed by atoms with Crippen molar-refractivity contribution in [2.45, 2.75) is 71.6 Å². The summed E-state index contributed by atoms with van der Waals surface area (Å²) in [5, 5.41) is 2.11. The number of ketones is 1. The molecule has 0 radical (unpaired) electrons. The Balaban J connectivity index is 1.47. The lowest BCUT2D eigenvalue weighted by Gasteiger charge is -2.59. The summed E-state index contributed by atoms with van der Waals surface area (Å²) in [5.74, 6) is 3.69. The maximum Gasteiger partial charge on any atom is 0.165 e. The second kappa shape index (κ2) is 6.06. The number of carbonyl (C=O) groups is 1. The normalized spacial score (nSPS) is 46.7. The molecule has 4 fully saturated rings. The molecule has 0 spiro atoms. The van der Waals surface area contributed by atoms with Crippen molar-refractivity contribution in [3.63, 3.8) is 0 Å². The van der Waals surface area contributed by atoms with Gasteiger partial charge in [0, 0.05) is 10.3 Å². The lowest BCUT2D eigenvalue weighted by atomic mass is 9.45. The van der Waals surface area contributed by atoms with Crippen LogP contribution in [-0.4, -0.2) is 5.78 Å².